The Bertz CT molecular complexity index is 357. The summed E-state index contributed by atoms with van der Waals surface area (Å²) in [6.07, 6.45) is 0.860. The topological polar surface area (TPSA) is 32.3 Å². The predicted octanol–water partition coefficient (Wildman–Crippen LogP) is 3.06. The Morgan fingerprint density at radius 1 is 1.39 bits per heavy atom. The van der Waals surface area contributed by atoms with Gasteiger partial charge in [0.2, 0.25) is 0 Å². The van der Waals surface area contributed by atoms with Crippen LogP contribution in [0, 0.1) is 5.82 Å². The number of halogens is 1. The molecule has 0 aliphatic carbocycles. The molecule has 0 spiro atoms. The highest BCUT2D eigenvalue weighted by Crippen LogP contribution is 2.28. The van der Waals surface area contributed by atoms with Gasteiger partial charge in [0.1, 0.15) is 5.82 Å². The number of aliphatic hydroxyl groups excluding tert-OH is 1. The number of likely N-dealkylation sites (N-methyl/N-ethyl adjacent to an activating group) is 1. The van der Waals surface area contributed by atoms with E-state index in [0.717, 1.165) is 17.9 Å². The second kappa shape index (κ2) is 7.12. The van der Waals surface area contributed by atoms with Gasteiger partial charge in [0, 0.05) is 15.7 Å². The normalized spacial score (nSPS) is 16.3. The first-order valence-electron chi connectivity index (χ1n) is 6.27. The summed E-state index contributed by atoms with van der Waals surface area (Å²) in [6.45, 7) is 7.14. The highest BCUT2D eigenvalue weighted by Gasteiger charge is 2.24. The van der Waals surface area contributed by atoms with Gasteiger partial charge in [0.25, 0.3) is 0 Å². The quantitative estimate of drug-likeness (QED) is 0.748. The van der Waals surface area contributed by atoms with Crippen molar-refractivity contribution in [1.82, 2.24) is 5.32 Å². The van der Waals surface area contributed by atoms with Crippen LogP contribution in [0.4, 0.5) is 4.39 Å². The molecule has 2 unspecified atom stereocenters. The third-order valence-electron chi connectivity index (χ3n) is 2.84. The van der Waals surface area contributed by atoms with Gasteiger partial charge >= 0.3 is 0 Å². The van der Waals surface area contributed by atoms with Crippen molar-refractivity contribution in [2.24, 2.45) is 0 Å². The molecule has 2 atom stereocenters. The fraction of sp³-hybridized carbons (Fsp3) is 0.571. The summed E-state index contributed by atoms with van der Waals surface area (Å²) < 4.78 is 12.8. The third kappa shape index (κ3) is 4.96. The van der Waals surface area contributed by atoms with E-state index < -0.39 is 0 Å². The zero-order chi connectivity index (χ0) is 13.6. The monoisotopic (exact) mass is 271 g/mol. The summed E-state index contributed by atoms with van der Waals surface area (Å²) in [5.41, 5.74) is -0.249. The highest BCUT2D eigenvalue weighted by atomic mass is 32.2. The second-order valence-corrected chi connectivity index (χ2v) is 6.35. The number of rotatable bonds is 7. The number of hydrogen-bond acceptors (Lipinski definition) is 3. The summed E-state index contributed by atoms with van der Waals surface area (Å²) >= 11 is 1.70. The van der Waals surface area contributed by atoms with Gasteiger partial charge in [0.05, 0.1) is 6.61 Å². The molecule has 18 heavy (non-hydrogen) atoms. The van der Waals surface area contributed by atoms with Crippen LogP contribution in [0.1, 0.15) is 27.2 Å². The number of nitrogens with one attached hydrogen (secondary N) is 1. The standard InChI is InChI=1S/C14H22FNOS/c1-4-16-14(3,10-17)9-11(2)18-13-7-5-12(15)6-8-13/h5-8,11,16-17H,4,9-10H2,1-3H3. The Morgan fingerprint density at radius 3 is 2.50 bits per heavy atom. The molecule has 4 heteroatoms. The van der Waals surface area contributed by atoms with E-state index in [2.05, 4.69) is 12.2 Å². The lowest BCUT2D eigenvalue weighted by molar-refractivity contribution is 0.168. The molecular formula is C14H22FNOS. The van der Waals surface area contributed by atoms with Crippen LogP contribution in [-0.4, -0.2) is 29.0 Å². The van der Waals surface area contributed by atoms with Crippen LogP contribution < -0.4 is 5.32 Å². The Balaban J connectivity index is 2.54. The Labute approximate surface area is 113 Å². The predicted molar refractivity (Wildman–Crippen MR) is 75.5 cm³/mol. The van der Waals surface area contributed by atoms with Gasteiger partial charge < -0.3 is 10.4 Å². The van der Waals surface area contributed by atoms with E-state index in [1.165, 1.54) is 12.1 Å². The summed E-state index contributed by atoms with van der Waals surface area (Å²) in [4.78, 5) is 1.06. The van der Waals surface area contributed by atoms with E-state index in [0.29, 0.717) is 5.25 Å². The van der Waals surface area contributed by atoms with Crippen LogP contribution in [0.15, 0.2) is 29.2 Å². The van der Waals surface area contributed by atoms with Gasteiger partial charge in [-0.25, -0.2) is 4.39 Å². The molecule has 1 rings (SSSR count). The van der Waals surface area contributed by atoms with Gasteiger partial charge in [-0.2, -0.15) is 0 Å². The molecule has 0 aliphatic heterocycles. The zero-order valence-electron chi connectivity index (χ0n) is 11.2. The zero-order valence-corrected chi connectivity index (χ0v) is 12.1. The van der Waals surface area contributed by atoms with Gasteiger partial charge in [-0.05, 0) is 44.2 Å². The first-order valence-corrected chi connectivity index (χ1v) is 7.15. The van der Waals surface area contributed by atoms with Crippen LogP contribution in [0.2, 0.25) is 0 Å². The largest absolute Gasteiger partial charge is 0.394 e. The maximum Gasteiger partial charge on any atom is 0.123 e. The van der Waals surface area contributed by atoms with Crippen molar-refractivity contribution in [3.63, 3.8) is 0 Å². The number of aliphatic hydroxyl groups is 1. The minimum atomic E-state index is -0.249. The van der Waals surface area contributed by atoms with Gasteiger partial charge in [-0.3, -0.25) is 0 Å². The molecule has 2 N–H and O–H groups in total. The van der Waals surface area contributed by atoms with Crippen molar-refractivity contribution in [3.05, 3.63) is 30.1 Å². The van der Waals surface area contributed by atoms with E-state index in [9.17, 15) is 9.50 Å². The lowest BCUT2D eigenvalue weighted by Gasteiger charge is -2.31. The van der Waals surface area contributed by atoms with Crippen molar-refractivity contribution in [2.75, 3.05) is 13.2 Å². The molecule has 0 aliphatic rings. The molecule has 102 valence electrons. The third-order valence-corrected chi connectivity index (χ3v) is 3.95. The number of thioether (sulfide) groups is 1. The Kier molecular flexibility index (Phi) is 6.12. The Morgan fingerprint density at radius 2 is 2.00 bits per heavy atom. The summed E-state index contributed by atoms with van der Waals surface area (Å²) in [5, 5.41) is 13.1. The van der Waals surface area contributed by atoms with Crippen LogP contribution in [-0.2, 0) is 0 Å². The molecule has 0 saturated carbocycles. The first kappa shape index (κ1) is 15.5. The smallest absolute Gasteiger partial charge is 0.123 e. The highest BCUT2D eigenvalue weighted by molar-refractivity contribution is 7.99. The molecular weight excluding hydrogens is 249 g/mol. The lowest BCUT2D eigenvalue weighted by Crippen LogP contribution is -2.47. The van der Waals surface area contributed by atoms with Crippen LogP contribution in [0.3, 0.4) is 0 Å². The molecule has 0 fully saturated rings. The average Bonchev–Trinajstić information content (AvgIpc) is 2.32. The molecule has 2 nitrogen and oxygen atoms in total. The van der Waals surface area contributed by atoms with Crippen LogP contribution >= 0.6 is 11.8 Å². The van der Waals surface area contributed by atoms with Gasteiger partial charge in [-0.15, -0.1) is 11.8 Å². The fourth-order valence-electron chi connectivity index (χ4n) is 2.04. The van der Waals surface area contributed by atoms with Gasteiger partial charge in [0.15, 0.2) is 0 Å². The van der Waals surface area contributed by atoms with Crippen molar-refractivity contribution < 1.29 is 9.50 Å². The average molecular weight is 271 g/mol. The Hall–Kier alpha value is -0.580. The molecule has 0 amide bonds. The van der Waals surface area contributed by atoms with Crippen molar-refractivity contribution >= 4 is 11.8 Å². The van der Waals surface area contributed by atoms with E-state index >= 15 is 0 Å². The summed E-state index contributed by atoms with van der Waals surface area (Å²) in [6, 6.07) is 6.54. The fourth-order valence-corrected chi connectivity index (χ4v) is 3.25. The number of hydrogen-bond donors (Lipinski definition) is 2. The summed E-state index contributed by atoms with van der Waals surface area (Å²) in [7, 11) is 0. The molecule has 1 aromatic rings. The summed E-state index contributed by atoms with van der Waals surface area (Å²) in [5.74, 6) is -0.208. The molecule has 0 aromatic heterocycles. The minimum Gasteiger partial charge on any atom is -0.394 e. The van der Waals surface area contributed by atoms with Crippen LogP contribution in [0.5, 0.6) is 0 Å². The molecule has 1 aromatic carbocycles. The molecule has 0 bridgehead atoms. The number of benzene rings is 1. The maximum absolute atomic E-state index is 12.8. The van der Waals surface area contributed by atoms with Crippen molar-refractivity contribution in [2.45, 2.75) is 42.9 Å². The second-order valence-electron chi connectivity index (χ2n) is 4.84. The first-order chi connectivity index (χ1) is 8.49. The minimum absolute atomic E-state index is 0.120. The SMILES string of the molecule is CCNC(C)(CO)CC(C)Sc1ccc(F)cc1. The molecule has 0 saturated heterocycles. The lowest BCUT2D eigenvalue weighted by atomic mass is 9.97. The van der Waals surface area contributed by atoms with E-state index in [1.807, 2.05) is 13.8 Å². The van der Waals surface area contributed by atoms with E-state index in [-0.39, 0.29) is 18.0 Å². The maximum atomic E-state index is 12.8. The van der Waals surface area contributed by atoms with E-state index in [4.69, 9.17) is 0 Å². The van der Waals surface area contributed by atoms with E-state index in [1.54, 1.807) is 23.9 Å². The van der Waals surface area contributed by atoms with Crippen LogP contribution in [0.25, 0.3) is 0 Å². The van der Waals surface area contributed by atoms with Gasteiger partial charge in [-0.1, -0.05) is 13.8 Å². The molecule has 0 heterocycles. The van der Waals surface area contributed by atoms with Crippen molar-refractivity contribution in [1.29, 1.82) is 0 Å². The molecule has 0 radical (unpaired) electrons. The van der Waals surface area contributed by atoms with Crippen molar-refractivity contribution in [3.8, 4) is 0 Å².